The van der Waals surface area contributed by atoms with Crippen LogP contribution in [0.2, 0.25) is 0 Å². The van der Waals surface area contributed by atoms with Gasteiger partial charge >= 0.3 is 0 Å². The fourth-order valence-corrected chi connectivity index (χ4v) is 1.75. The highest BCUT2D eigenvalue weighted by Gasteiger charge is 2.15. The van der Waals surface area contributed by atoms with E-state index < -0.39 is 0 Å². The summed E-state index contributed by atoms with van der Waals surface area (Å²) in [4.78, 5) is 0. The first-order valence-electron chi connectivity index (χ1n) is 4.34. The fraction of sp³-hybridized carbons (Fsp3) is 0.300. The second-order valence-corrected chi connectivity index (χ2v) is 3.24. The maximum absolute atomic E-state index is 9.24. The van der Waals surface area contributed by atoms with E-state index in [-0.39, 0.29) is 5.75 Å². The molecule has 2 rings (SSSR count). The van der Waals surface area contributed by atoms with E-state index in [4.69, 9.17) is 5.21 Å². The predicted molar refractivity (Wildman–Crippen MR) is 49.4 cm³/mol. The minimum atomic E-state index is 0.276. The monoisotopic (exact) mass is 177 g/mol. The minimum Gasteiger partial charge on any atom is -0.508 e. The molecule has 0 aromatic heterocycles. The molecule has 3 nitrogen and oxygen atoms in total. The predicted octanol–water partition coefficient (Wildman–Crippen LogP) is 1.91. The van der Waals surface area contributed by atoms with Crippen molar-refractivity contribution in [3.8, 4) is 5.75 Å². The maximum atomic E-state index is 9.24. The van der Waals surface area contributed by atoms with E-state index in [1.54, 1.807) is 18.2 Å². The molecule has 0 heterocycles. The van der Waals surface area contributed by atoms with Crippen LogP contribution in [0.4, 0.5) is 0 Å². The van der Waals surface area contributed by atoms with Gasteiger partial charge in [-0.05, 0) is 43.0 Å². The van der Waals surface area contributed by atoms with Crippen LogP contribution in [0.1, 0.15) is 24.0 Å². The fourth-order valence-electron chi connectivity index (χ4n) is 1.75. The van der Waals surface area contributed by atoms with Gasteiger partial charge in [-0.3, -0.25) is 0 Å². The van der Waals surface area contributed by atoms with E-state index in [1.165, 1.54) is 0 Å². The topological polar surface area (TPSA) is 52.8 Å². The third-order valence-corrected chi connectivity index (χ3v) is 2.38. The van der Waals surface area contributed by atoms with Gasteiger partial charge in [-0.25, -0.2) is 0 Å². The molecule has 0 amide bonds. The van der Waals surface area contributed by atoms with Gasteiger partial charge in [0, 0.05) is 5.56 Å². The van der Waals surface area contributed by atoms with Crippen LogP contribution >= 0.6 is 0 Å². The van der Waals surface area contributed by atoms with Crippen LogP contribution in [0.25, 0.3) is 0 Å². The van der Waals surface area contributed by atoms with Crippen LogP contribution in [0.5, 0.6) is 5.75 Å². The molecule has 13 heavy (non-hydrogen) atoms. The van der Waals surface area contributed by atoms with Crippen molar-refractivity contribution in [2.24, 2.45) is 5.16 Å². The number of fused-ring (bicyclic) bond motifs is 1. The van der Waals surface area contributed by atoms with E-state index in [0.717, 1.165) is 36.1 Å². The van der Waals surface area contributed by atoms with Gasteiger partial charge in [0.2, 0.25) is 0 Å². The van der Waals surface area contributed by atoms with Gasteiger partial charge < -0.3 is 10.3 Å². The van der Waals surface area contributed by atoms with Crippen molar-refractivity contribution < 1.29 is 10.3 Å². The van der Waals surface area contributed by atoms with Gasteiger partial charge in [0.25, 0.3) is 0 Å². The van der Waals surface area contributed by atoms with Gasteiger partial charge in [0.1, 0.15) is 5.75 Å². The van der Waals surface area contributed by atoms with E-state index in [9.17, 15) is 5.11 Å². The average molecular weight is 177 g/mol. The van der Waals surface area contributed by atoms with Gasteiger partial charge in [-0.2, -0.15) is 0 Å². The Balaban J connectivity index is 2.52. The van der Waals surface area contributed by atoms with Crippen molar-refractivity contribution in [2.75, 3.05) is 0 Å². The molecule has 0 aliphatic heterocycles. The molecule has 3 heteroatoms. The standard InChI is InChI=1S/C10H11NO2/c12-8-4-5-9-7(6-8)2-1-3-10(9)11-13/h4-6,12-13H,1-3H2/b11-10+. The number of hydrogen-bond donors (Lipinski definition) is 2. The van der Waals surface area contributed by atoms with Crippen LogP contribution in [-0.2, 0) is 6.42 Å². The Labute approximate surface area is 76.3 Å². The lowest BCUT2D eigenvalue weighted by molar-refractivity contribution is 0.317. The Hall–Kier alpha value is -1.51. The molecule has 1 aliphatic carbocycles. The third kappa shape index (κ3) is 1.37. The van der Waals surface area contributed by atoms with Gasteiger partial charge in [0.05, 0.1) is 5.71 Å². The number of benzene rings is 1. The zero-order chi connectivity index (χ0) is 9.26. The third-order valence-electron chi connectivity index (χ3n) is 2.38. The van der Waals surface area contributed by atoms with Crippen molar-refractivity contribution in [2.45, 2.75) is 19.3 Å². The van der Waals surface area contributed by atoms with Crippen LogP contribution in [0.15, 0.2) is 23.4 Å². The zero-order valence-electron chi connectivity index (χ0n) is 7.20. The normalized spacial score (nSPS) is 18.6. The first-order valence-corrected chi connectivity index (χ1v) is 4.34. The quantitative estimate of drug-likeness (QED) is 0.469. The maximum Gasteiger partial charge on any atom is 0.115 e. The molecular weight excluding hydrogens is 166 g/mol. The van der Waals surface area contributed by atoms with Crippen molar-refractivity contribution in [3.05, 3.63) is 29.3 Å². The average Bonchev–Trinajstić information content (AvgIpc) is 2.16. The van der Waals surface area contributed by atoms with Gasteiger partial charge in [0.15, 0.2) is 0 Å². The molecule has 0 saturated heterocycles. The number of oxime groups is 1. The summed E-state index contributed by atoms with van der Waals surface area (Å²) in [5, 5.41) is 21.2. The second kappa shape index (κ2) is 3.09. The number of nitrogens with zero attached hydrogens (tertiary/aromatic N) is 1. The van der Waals surface area contributed by atoms with E-state index >= 15 is 0 Å². The molecule has 2 N–H and O–H groups in total. The SMILES string of the molecule is O/N=C1\CCCc2cc(O)ccc21. The summed E-state index contributed by atoms with van der Waals surface area (Å²) < 4.78 is 0. The molecule has 0 saturated carbocycles. The first-order chi connectivity index (χ1) is 6.31. The highest BCUT2D eigenvalue weighted by atomic mass is 16.4. The lowest BCUT2D eigenvalue weighted by Crippen LogP contribution is -2.11. The Morgan fingerprint density at radius 1 is 1.23 bits per heavy atom. The molecule has 0 atom stereocenters. The molecule has 0 bridgehead atoms. The van der Waals surface area contributed by atoms with Crippen molar-refractivity contribution >= 4 is 5.71 Å². The molecule has 1 aliphatic rings. The van der Waals surface area contributed by atoms with Crippen molar-refractivity contribution in [1.82, 2.24) is 0 Å². The van der Waals surface area contributed by atoms with Crippen LogP contribution in [0, 0.1) is 0 Å². The molecule has 0 fully saturated rings. The molecule has 1 aromatic rings. The van der Waals surface area contributed by atoms with Gasteiger partial charge in [-0.15, -0.1) is 0 Å². The molecule has 0 spiro atoms. The molecule has 68 valence electrons. The van der Waals surface area contributed by atoms with E-state index in [0.29, 0.717) is 0 Å². The lowest BCUT2D eigenvalue weighted by atomic mass is 9.90. The zero-order valence-corrected chi connectivity index (χ0v) is 7.20. The first kappa shape index (κ1) is 8.10. The number of aryl methyl sites for hydroxylation is 1. The summed E-state index contributed by atoms with van der Waals surface area (Å²) in [7, 11) is 0. The second-order valence-electron chi connectivity index (χ2n) is 3.24. The van der Waals surface area contributed by atoms with Crippen molar-refractivity contribution in [1.29, 1.82) is 0 Å². The summed E-state index contributed by atoms with van der Waals surface area (Å²) in [6, 6.07) is 5.16. The highest BCUT2D eigenvalue weighted by Crippen LogP contribution is 2.24. The molecular formula is C10H11NO2. The van der Waals surface area contributed by atoms with Gasteiger partial charge in [-0.1, -0.05) is 5.16 Å². The Kier molecular flexibility index (Phi) is 1.93. The summed E-state index contributed by atoms with van der Waals surface area (Å²) in [5.41, 5.74) is 2.76. The summed E-state index contributed by atoms with van der Waals surface area (Å²) in [6.07, 6.45) is 2.74. The smallest absolute Gasteiger partial charge is 0.115 e. The number of phenolic OH excluding ortho intramolecular Hbond substituents is 1. The summed E-state index contributed by atoms with van der Waals surface area (Å²) >= 11 is 0. The summed E-state index contributed by atoms with van der Waals surface area (Å²) in [6.45, 7) is 0. The largest absolute Gasteiger partial charge is 0.508 e. The Morgan fingerprint density at radius 2 is 2.08 bits per heavy atom. The van der Waals surface area contributed by atoms with Crippen molar-refractivity contribution in [3.63, 3.8) is 0 Å². The lowest BCUT2D eigenvalue weighted by Gasteiger charge is -2.16. The minimum absolute atomic E-state index is 0.276. The highest BCUT2D eigenvalue weighted by molar-refractivity contribution is 6.02. The summed E-state index contributed by atoms with van der Waals surface area (Å²) in [5.74, 6) is 0.276. The number of hydrogen-bond acceptors (Lipinski definition) is 3. The van der Waals surface area contributed by atoms with Crippen LogP contribution in [0.3, 0.4) is 0 Å². The molecule has 0 unspecified atom stereocenters. The van der Waals surface area contributed by atoms with Crippen LogP contribution in [-0.4, -0.2) is 16.0 Å². The van der Waals surface area contributed by atoms with E-state index in [1.807, 2.05) is 0 Å². The Morgan fingerprint density at radius 3 is 2.85 bits per heavy atom. The number of aromatic hydroxyl groups is 1. The number of rotatable bonds is 0. The van der Waals surface area contributed by atoms with E-state index in [2.05, 4.69) is 5.16 Å². The molecule has 1 aromatic carbocycles. The Bertz CT molecular complexity index is 358. The molecule has 0 radical (unpaired) electrons. The van der Waals surface area contributed by atoms with Crippen LogP contribution < -0.4 is 0 Å². The number of phenols is 1.